The monoisotopic (exact) mass is 310 g/mol. The van der Waals surface area contributed by atoms with Crippen LogP contribution in [0.5, 0.6) is 0 Å². The minimum atomic E-state index is -2.97. The predicted octanol–water partition coefficient (Wildman–Crippen LogP) is 0.422. The van der Waals surface area contributed by atoms with E-state index in [1.807, 2.05) is 6.92 Å². The summed E-state index contributed by atoms with van der Waals surface area (Å²) in [6.45, 7) is 8.44. The first-order valence-electron chi connectivity index (χ1n) is 6.93. The maximum Gasteiger partial charge on any atom is 0.166 e. The van der Waals surface area contributed by atoms with Crippen molar-refractivity contribution in [1.82, 2.24) is 10.2 Å². The van der Waals surface area contributed by atoms with E-state index in [0.29, 0.717) is 12.4 Å². The summed E-state index contributed by atoms with van der Waals surface area (Å²) in [6.07, 6.45) is 0. The fourth-order valence-electron chi connectivity index (χ4n) is 2.03. The number of nitrogens with one attached hydrogen (secondary N) is 1. The van der Waals surface area contributed by atoms with Crippen LogP contribution in [-0.2, 0) is 14.6 Å². The molecule has 19 heavy (non-hydrogen) atoms. The molecular formula is C12H26N2O3S2. The van der Waals surface area contributed by atoms with Gasteiger partial charge in [0.2, 0.25) is 0 Å². The summed E-state index contributed by atoms with van der Waals surface area (Å²) in [6, 6.07) is 0. The molecule has 1 rings (SSSR count). The van der Waals surface area contributed by atoms with E-state index in [-0.39, 0.29) is 11.1 Å². The first kappa shape index (κ1) is 17.2. The van der Waals surface area contributed by atoms with Gasteiger partial charge in [-0.05, 0) is 6.92 Å². The second-order valence-corrected chi connectivity index (χ2v) is 8.06. The summed E-state index contributed by atoms with van der Waals surface area (Å²) in [5.41, 5.74) is 0. The van der Waals surface area contributed by atoms with Crippen molar-refractivity contribution in [2.45, 2.75) is 19.2 Å². The molecule has 0 aromatic rings. The lowest BCUT2D eigenvalue weighted by Crippen LogP contribution is -2.50. The molecule has 1 unspecified atom stereocenters. The van der Waals surface area contributed by atoms with Crippen LogP contribution in [-0.4, -0.2) is 75.3 Å². The molecule has 0 aliphatic carbocycles. The van der Waals surface area contributed by atoms with Crippen molar-refractivity contribution < 1.29 is 13.2 Å². The third kappa shape index (κ3) is 5.99. The summed E-state index contributed by atoms with van der Waals surface area (Å²) in [5.74, 6) is 1.95. The summed E-state index contributed by atoms with van der Waals surface area (Å²) in [7, 11) is -2.97. The SMILES string of the molecule is CCOCCNCCN1CCSCC1S(=O)(=O)CC. The Labute approximate surface area is 121 Å². The van der Waals surface area contributed by atoms with Crippen molar-refractivity contribution in [1.29, 1.82) is 0 Å². The average molecular weight is 310 g/mol. The Bertz CT molecular complexity index is 336. The van der Waals surface area contributed by atoms with Crippen LogP contribution in [0.25, 0.3) is 0 Å². The van der Waals surface area contributed by atoms with Crippen LogP contribution in [0.15, 0.2) is 0 Å². The fourth-order valence-corrected chi connectivity index (χ4v) is 5.14. The fraction of sp³-hybridized carbons (Fsp3) is 1.00. The normalized spacial score (nSPS) is 21.7. The van der Waals surface area contributed by atoms with Crippen molar-refractivity contribution in [3.8, 4) is 0 Å². The van der Waals surface area contributed by atoms with Gasteiger partial charge in [0, 0.05) is 50.0 Å². The second-order valence-electron chi connectivity index (χ2n) is 4.46. The lowest BCUT2D eigenvalue weighted by atomic mass is 10.4. The number of hydrogen-bond donors (Lipinski definition) is 1. The molecule has 0 radical (unpaired) electrons. The molecule has 1 aliphatic heterocycles. The van der Waals surface area contributed by atoms with Crippen LogP contribution in [0.4, 0.5) is 0 Å². The molecule has 7 heteroatoms. The maximum absolute atomic E-state index is 12.0. The Kier molecular flexibility index (Phi) is 8.32. The number of sulfone groups is 1. The van der Waals surface area contributed by atoms with Gasteiger partial charge in [-0.3, -0.25) is 4.90 Å². The topological polar surface area (TPSA) is 58.6 Å². The molecule has 0 aromatic heterocycles. The van der Waals surface area contributed by atoms with E-state index in [1.165, 1.54) is 0 Å². The van der Waals surface area contributed by atoms with E-state index in [1.54, 1.807) is 18.7 Å². The largest absolute Gasteiger partial charge is 0.380 e. The lowest BCUT2D eigenvalue weighted by molar-refractivity contribution is 0.148. The van der Waals surface area contributed by atoms with Crippen molar-refractivity contribution in [3.05, 3.63) is 0 Å². The van der Waals surface area contributed by atoms with Crippen LogP contribution in [0, 0.1) is 0 Å². The van der Waals surface area contributed by atoms with Gasteiger partial charge >= 0.3 is 0 Å². The van der Waals surface area contributed by atoms with Crippen LogP contribution >= 0.6 is 11.8 Å². The summed E-state index contributed by atoms with van der Waals surface area (Å²) in [5, 5.41) is 2.99. The molecule has 0 bridgehead atoms. The highest BCUT2D eigenvalue weighted by molar-refractivity contribution is 8.01. The third-order valence-electron chi connectivity index (χ3n) is 3.21. The van der Waals surface area contributed by atoms with Gasteiger partial charge in [0.15, 0.2) is 9.84 Å². The molecule has 0 saturated carbocycles. The van der Waals surface area contributed by atoms with E-state index in [9.17, 15) is 8.42 Å². The van der Waals surface area contributed by atoms with Gasteiger partial charge in [-0.15, -0.1) is 0 Å². The Hall–Kier alpha value is 0.180. The first-order valence-corrected chi connectivity index (χ1v) is 9.80. The third-order valence-corrected chi connectivity index (χ3v) is 6.54. The Morgan fingerprint density at radius 2 is 2.16 bits per heavy atom. The number of nitrogens with zero attached hydrogens (tertiary/aromatic N) is 1. The van der Waals surface area contributed by atoms with Gasteiger partial charge in [0.1, 0.15) is 5.37 Å². The molecule has 1 saturated heterocycles. The Morgan fingerprint density at radius 3 is 2.84 bits per heavy atom. The molecule has 1 atom stereocenters. The molecular weight excluding hydrogens is 284 g/mol. The highest BCUT2D eigenvalue weighted by atomic mass is 32.2. The maximum atomic E-state index is 12.0. The molecule has 0 amide bonds. The first-order chi connectivity index (χ1) is 9.11. The van der Waals surface area contributed by atoms with Crippen molar-refractivity contribution in [2.24, 2.45) is 0 Å². The highest BCUT2D eigenvalue weighted by Crippen LogP contribution is 2.20. The Balaban J connectivity index is 2.33. The number of thioether (sulfide) groups is 1. The standard InChI is InChI=1S/C12H26N2O3S2/c1-3-17-9-6-13-5-7-14-8-10-18-11-12(14)19(15,16)4-2/h12-13H,3-11H2,1-2H3. The second kappa shape index (κ2) is 9.18. The van der Waals surface area contributed by atoms with E-state index in [4.69, 9.17) is 4.74 Å². The van der Waals surface area contributed by atoms with Crippen LogP contribution in [0.2, 0.25) is 0 Å². The number of hydrogen-bond acceptors (Lipinski definition) is 6. The smallest absolute Gasteiger partial charge is 0.166 e. The van der Waals surface area contributed by atoms with Crippen LogP contribution < -0.4 is 5.32 Å². The molecule has 0 aromatic carbocycles. The van der Waals surface area contributed by atoms with Crippen LogP contribution in [0.3, 0.4) is 0 Å². The highest BCUT2D eigenvalue weighted by Gasteiger charge is 2.32. The molecule has 114 valence electrons. The van der Waals surface area contributed by atoms with Gasteiger partial charge in [0.05, 0.1) is 6.61 Å². The zero-order valence-electron chi connectivity index (χ0n) is 11.9. The Morgan fingerprint density at radius 1 is 1.37 bits per heavy atom. The number of ether oxygens (including phenoxy) is 1. The summed E-state index contributed by atoms with van der Waals surface area (Å²) < 4.78 is 29.3. The lowest BCUT2D eigenvalue weighted by Gasteiger charge is -2.34. The van der Waals surface area contributed by atoms with E-state index >= 15 is 0 Å². The van der Waals surface area contributed by atoms with Gasteiger partial charge in [-0.2, -0.15) is 11.8 Å². The predicted molar refractivity (Wildman–Crippen MR) is 81.5 cm³/mol. The minimum Gasteiger partial charge on any atom is -0.380 e. The zero-order valence-corrected chi connectivity index (χ0v) is 13.6. The molecule has 1 heterocycles. The number of rotatable bonds is 9. The van der Waals surface area contributed by atoms with Gasteiger partial charge < -0.3 is 10.1 Å². The van der Waals surface area contributed by atoms with Gasteiger partial charge in [-0.25, -0.2) is 8.42 Å². The molecule has 1 N–H and O–H groups in total. The van der Waals surface area contributed by atoms with Gasteiger partial charge in [-0.1, -0.05) is 6.92 Å². The van der Waals surface area contributed by atoms with E-state index < -0.39 is 9.84 Å². The van der Waals surface area contributed by atoms with Crippen molar-refractivity contribution in [3.63, 3.8) is 0 Å². The minimum absolute atomic E-state index is 0.229. The zero-order chi connectivity index (χ0) is 14.1. The quantitative estimate of drug-likeness (QED) is 0.623. The molecule has 1 fully saturated rings. The van der Waals surface area contributed by atoms with Crippen molar-refractivity contribution >= 4 is 21.6 Å². The van der Waals surface area contributed by atoms with Gasteiger partial charge in [0.25, 0.3) is 0 Å². The van der Waals surface area contributed by atoms with Crippen LogP contribution in [0.1, 0.15) is 13.8 Å². The molecule has 0 spiro atoms. The summed E-state index contributed by atoms with van der Waals surface area (Å²) >= 11 is 1.74. The molecule has 5 nitrogen and oxygen atoms in total. The van der Waals surface area contributed by atoms with E-state index in [0.717, 1.165) is 38.5 Å². The summed E-state index contributed by atoms with van der Waals surface area (Å²) in [4.78, 5) is 2.10. The van der Waals surface area contributed by atoms with E-state index in [2.05, 4.69) is 10.2 Å². The van der Waals surface area contributed by atoms with Crippen molar-refractivity contribution in [2.75, 3.05) is 56.7 Å². The average Bonchev–Trinajstić information content (AvgIpc) is 2.43. The molecule has 1 aliphatic rings.